The van der Waals surface area contributed by atoms with Crippen LogP contribution in [0.3, 0.4) is 0 Å². The second kappa shape index (κ2) is 6.18. The average molecular weight is 294 g/mol. The number of carbonyl (C=O) groups is 1. The van der Waals surface area contributed by atoms with E-state index in [1.54, 1.807) is 46.8 Å². The number of hydrogen-bond acceptors (Lipinski definition) is 5. The van der Waals surface area contributed by atoms with E-state index in [1.165, 1.54) is 13.2 Å². The Bertz CT molecular complexity index is 519. The fraction of sp³-hybridized carbons (Fsp3) is 0.533. The van der Waals surface area contributed by atoms with Gasteiger partial charge in [-0.15, -0.1) is 0 Å². The van der Waals surface area contributed by atoms with E-state index in [4.69, 9.17) is 4.65 Å². The van der Waals surface area contributed by atoms with Crippen LogP contribution in [0.5, 0.6) is 0 Å². The van der Waals surface area contributed by atoms with E-state index in [0.29, 0.717) is 11.0 Å². The van der Waals surface area contributed by atoms with E-state index in [2.05, 4.69) is 4.74 Å². The van der Waals surface area contributed by atoms with E-state index in [9.17, 15) is 14.9 Å². The number of ether oxygens (including phenoxy) is 1. The smallest absolute Gasteiger partial charge is 0.465 e. The number of benzene rings is 1. The lowest BCUT2D eigenvalue weighted by Gasteiger charge is -2.38. The summed E-state index contributed by atoms with van der Waals surface area (Å²) in [5.41, 5.74) is -0.527. The lowest BCUT2D eigenvalue weighted by Crippen LogP contribution is -2.53. The first-order valence-corrected chi connectivity index (χ1v) is 6.76. The Morgan fingerprint density at radius 1 is 1.24 bits per heavy atom. The Hall–Kier alpha value is -1.37. The molecule has 0 aromatic heterocycles. The molecule has 0 spiro atoms. The molecule has 0 unspecified atom stereocenters. The van der Waals surface area contributed by atoms with Crippen molar-refractivity contribution >= 4 is 18.6 Å². The largest absolute Gasteiger partial charge is 0.491 e. The molecule has 0 saturated carbocycles. The summed E-state index contributed by atoms with van der Waals surface area (Å²) < 4.78 is 10.3. The summed E-state index contributed by atoms with van der Waals surface area (Å²) in [6.07, 6.45) is 0. The molecule has 0 atom stereocenters. The zero-order valence-corrected chi connectivity index (χ0v) is 13.4. The Labute approximate surface area is 126 Å². The van der Waals surface area contributed by atoms with Crippen LogP contribution < -0.4 is 5.46 Å². The van der Waals surface area contributed by atoms with Crippen LogP contribution in [0.2, 0.25) is 0 Å². The minimum atomic E-state index is -1.25. The average Bonchev–Trinajstić information content (AvgIpc) is 2.36. The Balaban J connectivity index is 3.07. The maximum Gasteiger partial charge on any atom is 0.491 e. The summed E-state index contributed by atoms with van der Waals surface area (Å²) in [6.45, 7) is 8.40. The Morgan fingerprint density at radius 2 is 1.81 bits per heavy atom. The number of methoxy groups -OCH3 is 1. The van der Waals surface area contributed by atoms with Gasteiger partial charge < -0.3 is 19.5 Å². The zero-order valence-electron chi connectivity index (χ0n) is 13.4. The third-order valence-electron chi connectivity index (χ3n) is 3.85. The number of rotatable bonds is 5. The molecular weight excluding hydrogens is 271 g/mol. The third-order valence-corrected chi connectivity index (χ3v) is 3.85. The molecule has 0 amide bonds. The highest BCUT2D eigenvalue weighted by atomic mass is 16.5. The first-order valence-electron chi connectivity index (χ1n) is 6.76. The first kappa shape index (κ1) is 17.7. The molecule has 0 aliphatic carbocycles. The van der Waals surface area contributed by atoms with Crippen molar-refractivity contribution in [2.75, 3.05) is 7.11 Å². The number of carbonyl (C=O) groups excluding carboxylic acids is 1. The maximum absolute atomic E-state index is 11.6. The van der Waals surface area contributed by atoms with Crippen LogP contribution in [-0.2, 0) is 9.39 Å². The fourth-order valence-electron chi connectivity index (χ4n) is 1.64. The molecule has 1 aromatic rings. The Morgan fingerprint density at radius 3 is 2.29 bits per heavy atom. The highest BCUT2D eigenvalue weighted by Crippen LogP contribution is 2.25. The van der Waals surface area contributed by atoms with E-state index < -0.39 is 24.3 Å². The van der Waals surface area contributed by atoms with Gasteiger partial charge in [-0.05, 0) is 52.2 Å². The van der Waals surface area contributed by atoms with Crippen molar-refractivity contribution in [2.45, 2.75) is 45.8 Å². The molecule has 1 rings (SSSR count). The van der Waals surface area contributed by atoms with E-state index >= 15 is 0 Å². The topological polar surface area (TPSA) is 76.0 Å². The van der Waals surface area contributed by atoms with Gasteiger partial charge in [-0.25, -0.2) is 4.79 Å². The van der Waals surface area contributed by atoms with E-state index in [1.807, 2.05) is 0 Å². The van der Waals surface area contributed by atoms with Crippen molar-refractivity contribution in [3.05, 3.63) is 29.3 Å². The first-order chi connectivity index (χ1) is 9.49. The minimum absolute atomic E-state index is 0.335. The van der Waals surface area contributed by atoms with E-state index in [0.717, 1.165) is 5.56 Å². The number of aliphatic hydroxyl groups is 1. The van der Waals surface area contributed by atoms with Crippen LogP contribution in [0.25, 0.3) is 0 Å². The molecule has 5 nitrogen and oxygen atoms in total. The van der Waals surface area contributed by atoms with Crippen LogP contribution in [-0.4, -0.2) is 41.5 Å². The SMILES string of the molecule is COC(=O)c1ccc(C)c(B(O)OC(C)(C)C(C)(C)O)c1. The molecule has 2 N–H and O–H groups in total. The van der Waals surface area contributed by atoms with Gasteiger partial charge in [0.1, 0.15) is 0 Å². The summed E-state index contributed by atoms with van der Waals surface area (Å²) in [6, 6.07) is 4.87. The normalized spacial score (nSPS) is 12.2. The zero-order chi connectivity index (χ0) is 16.4. The second-order valence-corrected chi connectivity index (χ2v) is 6.10. The number of hydrogen-bond donors (Lipinski definition) is 2. The van der Waals surface area contributed by atoms with E-state index in [-0.39, 0.29) is 0 Å². The molecule has 0 heterocycles. The van der Waals surface area contributed by atoms with Gasteiger partial charge in [-0.1, -0.05) is 11.6 Å². The molecule has 0 bridgehead atoms. The molecule has 21 heavy (non-hydrogen) atoms. The predicted molar refractivity (Wildman–Crippen MR) is 81.6 cm³/mol. The summed E-state index contributed by atoms with van der Waals surface area (Å²) >= 11 is 0. The summed E-state index contributed by atoms with van der Waals surface area (Å²) in [5.74, 6) is -0.481. The van der Waals surface area contributed by atoms with Gasteiger partial charge in [0.2, 0.25) is 0 Å². The van der Waals surface area contributed by atoms with Crippen LogP contribution in [0.15, 0.2) is 18.2 Å². The Kier molecular flexibility index (Phi) is 5.20. The van der Waals surface area contributed by atoms with Gasteiger partial charge in [-0.3, -0.25) is 0 Å². The fourth-order valence-corrected chi connectivity index (χ4v) is 1.64. The van der Waals surface area contributed by atoms with Crippen molar-refractivity contribution < 1.29 is 24.3 Å². The standard InChI is InChI=1S/C15H23BO5/c1-10-7-8-11(13(17)20-6)9-12(10)16(19)21-15(4,5)14(2,3)18/h7-9,18-19H,1-6H3. The molecular formula is C15H23BO5. The molecule has 0 aliphatic heterocycles. The van der Waals surface area contributed by atoms with Crippen LogP contribution in [0, 0.1) is 6.92 Å². The molecule has 116 valence electrons. The van der Waals surface area contributed by atoms with Gasteiger partial charge in [0.15, 0.2) is 0 Å². The highest BCUT2D eigenvalue weighted by Gasteiger charge is 2.39. The predicted octanol–water partition coefficient (Wildman–Crippen LogP) is 1.04. The molecule has 0 aliphatic rings. The van der Waals surface area contributed by atoms with Gasteiger partial charge in [0.25, 0.3) is 0 Å². The minimum Gasteiger partial charge on any atom is -0.465 e. The van der Waals surface area contributed by atoms with Crippen molar-refractivity contribution in [1.29, 1.82) is 0 Å². The second-order valence-electron chi connectivity index (χ2n) is 6.10. The van der Waals surface area contributed by atoms with Gasteiger partial charge in [0, 0.05) is 0 Å². The molecule has 6 heteroatoms. The van der Waals surface area contributed by atoms with Crippen molar-refractivity contribution in [3.8, 4) is 0 Å². The van der Waals surface area contributed by atoms with Crippen LogP contribution >= 0.6 is 0 Å². The van der Waals surface area contributed by atoms with Gasteiger partial charge in [-0.2, -0.15) is 0 Å². The van der Waals surface area contributed by atoms with Crippen LogP contribution in [0.1, 0.15) is 43.6 Å². The lowest BCUT2D eigenvalue weighted by molar-refractivity contribution is -0.0982. The number of esters is 1. The van der Waals surface area contributed by atoms with Crippen molar-refractivity contribution in [3.63, 3.8) is 0 Å². The van der Waals surface area contributed by atoms with Gasteiger partial charge >= 0.3 is 13.1 Å². The molecule has 1 aromatic carbocycles. The summed E-state index contributed by atoms with van der Waals surface area (Å²) in [4.78, 5) is 11.6. The van der Waals surface area contributed by atoms with Gasteiger partial charge in [0.05, 0.1) is 23.9 Å². The van der Waals surface area contributed by atoms with Crippen LogP contribution in [0.4, 0.5) is 0 Å². The highest BCUT2D eigenvalue weighted by molar-refractivity contribution is 6.60. The molecule has 0 saturated heterocycles. The summed E-state index contributed by atoms with van der Waals surface area (Å²) in [5, 5.41) is 20.4. The van der Waals surface area contributed by atoms with Crippen molar-refractivity contribution in [1.82, 2.24) is 0 Å². The van der Waals surface area contributed by atoms with Crippen molar-refractivity contribution in [2.24, 2.45) is 0 Å². The quantitative estimate of drug-likeness (QED) is 0.627. The molecule has 0 radical (unpaired) electrons. The monoisotopic (exact) mass is 294 g/mol. The lowest BCUT2D eigenvalue weighted by atomic mass is 9.73. The number of aryl methyl sites for hydroxylation is 1. The third kappa shape index (κ3) is 4.06. The summed E-state index contributed by atoms with van der Waals surface area (Å²) in [7, 11) is 0.0441. The molecule has 0 fully saturated rings. The maximum atomic E-state index is 11.6.